The van der Waals surface area contributed by atoms with Crippen LogP contribution >= 0.6 is 0 Å². The van der Waals surface area contributed by atoms with E-state index in [4.69, 9.17) is 0 Å². The maximum Gasteiger partial charge on any atom is 0.305 e. The van der Waals surface area contributed by atoms with Crippen LogP contribution in [0.5, 0.6) is 0 Å². The zero-order valence-corrected chi connectivity index (χ0v) is 11.5. The van der Waals surface area contributed by atoms with Crippen LogP contribution in [0.25, 0.3) is 0 Å². The number of rotatable bonds is 11. The van der Waals surface area contributed by atoms with Gasteiger partial charge in [-0.1, -0.05) is 51.2 Å². The van der Waals surface area contributed by atoms with Crippen LogP contribution < -0.4 is 0 Å². The summed E-state index contributed by atoms with van der Waals surface area (Å²) in [5.41, 5.74) is 0. The van der Waals surface area contributed by atoms with Gasteiger partial charge < -0.3 is 4.74 Å². The molecule has 0 aliphatic heterocycles. The summed E-state index contributed by atoms with van der Waals surface area (Å²) in [6, 6.07) is 0. The number of methoxy groups -OCH3 is 1. The fourth-order valence-corrected chi connectivity index (χ4v) is 1.74. The molecule has 0 N–H and O–H groups in total. The van der Waals surface area contributed by atoms with E-state index in [0.29, 0.717) is 6.42 Å². The van der Waals surface area contributed by atoms with Gasteiger partial charge >= 0.3 is 5.97 Å². The smallest absolute Gasteiger partial charge is 0.305 e. The summed E-state index contributed by atoms with van der Waals surface area (Å²) in [6.07, 6.45) is 16.2. The summed E-state index contributed by atoms with van der Waals surface area (Å²) in [5.74, 6) is -0.102. The third-order valence-electron chi connectivity index (χ3n) is 2.87. The highest BCUT2D eigenvalue weighted by atomic mass is 16.5. The van der Waals surface area contributed by atoms with Gasteiger partial charge in [-0.05, 0) is 25.7 Å². The van der Waals surface area contributed by atoms with Crippen LogP contribution in [-0.4, -0.2) is 13.1 Å². The van der Waals surface area contributed by atoms with Gasteiger partial charge in [0.05, 0.1) is 7.11 Å². The lowest BCUT2D eigenvalue weighted by atomic mass is 10.1. The molecule has 0 atom stereocenters. The largest absolute Gasteiger partial charge is 0.469 e. The predicted molar refractivity (Wildman–Crippen MR) is 73.0 cm³/mol. The van der Waals surface area contributed by atoms with Gasteiger partial charge in [-0.2, -0.15) is 0 Å². The third kappa shape index (κ3) is 13.1. The van der Waals surface area contributed by atoms with Crippen molar-refractivity contribution >= 4 is 5.97 Å². The van der Waals surface area contributed by atoms with Gasteiger partial charge in [0.2, 0.25) is 0 Å². The molecule has 2 nitrogen and oxygen atoms in total. The molecule has 0 radical (unpaired) electrons. The second kappa shape index (κ2) is 13.3. The Bertz CT molecular complexity index is 197. The zero-order chi connectivity index (χ0) is 12.8. The fraction of sp³-hybridized carbons (Fsp3) is 0.800. The van der Waals surface area contributed by atoms with Gasteiger partial charge in [0.25, 0.3) is 0 Å². The standard InChI is InChI=1S/C15H28O2/c1-3-4-5-6-7-8-9-10-11-12-13-14-15(16)17-2/h10-11H,3-9,12-14H2,1-2H3. The lowest BCUT2D eigenvalue weighted by molar-refractivity contribution is -0.140. The van der Waals surface area contributed by atoms with Crippen molar-refractivity contribution in [3.8, 4) is 0 Å². The molecule has 0 aliphatic carbocycles. The van der Waals surface area contributed by atoms with Crippen molar-refractivity contribution in [3.63, 3.8) is 0 Å². The number of allylic oxidation sites excluding steroid dienone is 2. The SMILES string of the molecule is CCCCCCCCC=CCCCC(=O)OC. The topological polar surface area (TPSA) is 26.3 Å². The number of unbranched alkanes of at least 4 members (excludes halogenated alkanes) is 7. The summed E-state index contributed by atoms with van der Waals surface area (Å²) in [6.45, 7) is 2.25. The van der Waals surface area contributed by atoms with E-state index in [2.05, 4.69) is 23.8 Å². The molecular weight excluding hydrogens is 212 g/mol. The minimum absolute atomic E-state index is 0.102. The lowest BCUT2D eigenvalue weighted by Gasteiger charge is -1.98. The Labute approximate surface area is 106 Å². The Hall–Kier alpha value is -0.790. The second-order valence-electron chi connectivity index (χ2n) is 4.50. The van der Waals surface area contributed by atoms with Crippen molar-refractivity contribution in [2.45, 2.75) is 71.1 Å². The van der Waals surface area contributed by atoms with Gasteiger partial charge in [0.15, 0.2) is 0 Å². The molecule has 100 valence electrons. The number of ether oxygens (including phenoxy) is 1. The number of carbonyl (C=O) groups excluding carboxylic acids is 1. The maximum atomic E-state index is 10.8. The van der Waals surface area contributed by atoms with Crippen LogP contribution in [0.15, 0.2) is 12.2 Å². The van der Waals surface area contributed by atoms with E-state index in [9.17, 15) is 4.79 Å². The summed E-state index contributed by atoms with van der Waals surface area (Å²) in [4.78, 5) is 10.8. The molecular formula is C15H28O2. The normalized spacial score (nSPS) is 10.9. The molecule has 0 aromatic rings. The molecule has 2 heteroatoms. The van der Waals surface area contributed by atoms with Crippen molar-refractivity contribution in [1.29, 1.82) is 0 Å². The highest BCUT2D eigenvalue weighted by Crippen LogP contribution is 2.07. The van der Waals surface area contributed by atoms with E-state index in [1.54, 1.807) is 0 Å². The minimum atomic E-state index is -0.102. The van der Waals surface area contributed by atoms with Gasteiger partial charge in [0.1, 0.15) is 0 Å². The molecule has 17 heavy (non-hydrogen) atoms. The van der Waals surface area contributed by atoms with Gasteiger partial charge in [0, 0.05) is 6.42 Å². The van der Waals surface area contributed by atoms with Gasteiger partial charge in [-0.25, -0.2) is 0 Å². The molecule has 0 aliphatic rings. The molecule has 0 bridgehead atoms. The molecule has 0 rings (SSSR count). The van der Waals surface area contributed by atoms with Gasteiger partial charge in [-0.15, -0.1) is 0 Å². The first-order valence-electron chi connectivity index (χ1n) is 7.03. The zero-order valence-electron chi connectivity index (χ0n) is 11.5. The van der Waals surface area contributed by atoms with Crippen LogP contribution in [0.3, 0.4) is 0 Å². The highest BCUT2D eigenvalue weighted by Gasteiger charge is 1.96. The van der Waals surface area contributed by atoms with Crippen molar-refractivity contribution in [3.05, 3.63) is 12.2 Å². The maximum absolute atomic E-state index is 10.8. The van der Waals surface area contributed by atoms with Gasteiger partial charge in [-0.3, -0.25) is 4.79 Å². The minimum Gasteiger partial charge on any atom is -0.469 e. The molecule has 0 spiro atoms. The van der Waals surface area contributed by atoms with E-state index in [0.717, 1.165) is 12.8 Å². The summed E-state index contributed by atoms with van der Waals surface area (Å²) >= 11 is 0. The van der Waals surface area contributed by atoms with Crippen LogP contribution in [-0.2, 0) is 9.53 Å². The Kier molecular flexibility index (Phi) is 12.7. The first-order chi connectivity index (χ1) is 8.31. The molecule has 0 saturated carbocycles. The monoisotopic (exact) mass is 240 g/mol. The Morgan fingerprint density at radius 2 is 1.53 bits per heavy atom. The van der Waals surface area contributed by atoms with Crippen LogP contribution in [0.4, 0.5) is 0 Å². The predicted octanol–water partition coefficient (Wildman–Crippen LogP) is 4.64. The molecule has 0 unspecified atom stereocenters. The fourth-order valence-electron chi connectivity index (χ4n) is 1.74. The first kappa shape index (κ1) is 16.2. The van der Waals surface area contributed by atoms with E-state index in [1.165, 1.54) is 52.1 Å². The highest BCUT2D eigenvalue weighted by molar-refractivity contribution is 5.68. The Morgan fingerprint density at radius 3 is 2.18 bits per heavy atom. The summed E-state index contributed by atoms with van der Waals surface area (Å²) < 4.78 is 4.58. The molecule has 0 aromatic heterocycles. The average Bonchev–Trinajstić information content (AvgIpc) is 2.35. The van der Waals surface area contributed by atoms with E-state index >= 15 is 0 Å². The lowest BCUT2D eigenvalue weighted by Crippen LogP contribution is -1.98. The quantitative estimate of drug-likeness (QED) is 0.299. The summed E-state index contributed by atoms with van der Waals surface area (Å²) in [7, 11) is 1.44. The third-order valence-corrected chi connectivity index (χ3v) is 2.87. The van der Waals surface area contributed by atoms with Crippen LogP contribution in [0.1, 0.15) is 71.1 Å². The van der Waals surface area contributed by atoms with E-state index in [1.807, 2.05) is 0 Å². The molecule has 0 aromatic carbocycles. The molecule has 0 amide bonds. The molecule has 0 saturated heterocycles. The number of hydrogen-bond donors (Lipinski definition) is 0. The second-order valence-corrected chi connectivity index (χ2v) is 4.50. The van der Waals surface area contributed by atoms with Crippen molar-refractivity contribution in [2.24, 2.45) is 0 Å². The number of hydrogen-bond acceptors (Lipinski definition) is 2. The average molecular weight is 240 g/mol. The van der Waals surface area contributed by atoms with Crippen LogP contribution in [0.2, 0.25) is 0 Å². The van der Waals surface area contributed by atoms with Crippen molar-refractivity contribution in [2.75, 3.05) is 7.11 Å². The Morgan fingerprint density at radius 1 is 0.941 bits per heavy atom. The van der Waals surface area contributed by atoms with E-state index < -0.39 is 0 Å². The number of carbonyl (C=O) groups is 1. The van der Waals surface area contributed by atoms with Crippen molar-refractivity contribution in [1.82, 2.24) is 0 Å². The first-order valence-corrected chi connectivity index (χ1v) is 7.03. The van der Waals surface area contributed by atoms with Crippen LogP contribution in [0, 0.1) is 0 Å². The molecule has 0 heterocycles. The Balaban J connectivity index is 3.12. The molecule has 0 fully saturated rings. The van der Waals surface area contributed by atoms with Crippen molar-refractivity contribution < 1.29 is 9.53 Å². The summed E-state index contributed by atoms with van der Waals surface area (Å²) in [5, 5.41) is 0. The number of esters is 1. The van der Waals surface area contributed by atoms with E-state index in [-0.39, 0.29) is 5.97 Å².